The summed E-state index contributed by atoms with van der Waals surface area (Å²) in [6, 6.07) is 4.65. The van der Waals surface area contributed by atoms with Gasteiger partial charge < -0.3 is 10.5 Å². The first kappa shape index (κ1) is 15.3. The molecule has 2 N–H and O–H groups in total. The van der Waals surface area contributed by atoms with Crippen molar-refractivity contribution in [2.75, 3.05) is 0 Å². The van der Waals surface area contributed by atoms with Crippen LogP contribution in [0.4, 0.5) is 5.69 Å². The minimum atomic E-state index is -0.494. The molecule has 0 bridgehead atoms. The van der Waals surface area contributed by atoms with Crippen molar-refractivity contribution in [3.05, 3.63) is 50.3 Å². The van der Waals surface area contributed by atoms with Gasteiger partial charge in [0, 0.05) is 25.2 Å². The number of nitrogens with zero attached hydrogens (tertiary/aromatic N) is 3. The third kappa shape index (κ3) is 3.14. The molecule has 0 spiro atoms. The van der Waals surface area contributed by atoms with Crippen LogP contribution >= 0.6 is 11.6 Å². The smallest absolute Gasteiger partial charge is 0.311 e. The van der Waals surface area contributed by atoms with Crippen LogP contribution in [0.25, 0.3) is 0 Å². The number of hydrogen-bond acceptors (Lipinski definition) is 5. The van der Waals surface area contributed by atoms with Crippen LogP contribution in [0.15, 0.2) is 18.2 Å². The summed E-state index contributed by atoms with van der Waals surface area (Å²) in [4.78, 5) is 10.6. The molecule has 0 amide bonds. The lowest BCUT2D eigenvalue weighted by Crippen LogP contribution is -2.02. The molecule has 0 aliphatic rings. The van der Waals surface area contributed by atoms with Gasteiger partial charge in [-0.2, -0.15) is 5.10 Å². The number of nitrogens with two attached hydrogens (primary N) is 1. The van der Waals surface area contributed by atoms with Gasteiger partial charge in [0.05, 0.1) is 10.6 Å². The highest BCUT2D eigenvalue weighted by Crippen LogP contribution is 2.29. The maximum atomic E-state index is 11.1. The van der Waals surface area contributed by atoms with Crippen LogP contribution in [0.3, 0.4) is 0 Å². The van der Waals surface area contributed by atoms with Gasteiger partial charge in [-0.1, -0.05) is 17.7 Å². The fraction of sp³-hybridized carbons (Fsp3) is 0.308. The van der Waals surface area contributed by atoms with Crippen molar-refractivity contribution in [1.29, 1.82) is 0 Å². The number of aromatic nitrogens is 2. The summed E-state index contributed by atoms with van der Waals surface area (Å²) in [5.41, 5.74) is 7.47. The van der Waals surface area contributed by atoms with Crippen molar-refractivity contribution in [2.24, 2.45) is 12.8 Å². The van der Waals surface area contributed by atoms with Crippen LogP contribution in [0.2, 0.25) is 5.15 Å². The Morgan fingerprint density at radius 1 is 1.52 bits per heavy atom. The zero-order chi connectivity index (χ0) is 15.6. The summed E-state index contributed by atoms with van der Waals surface area (Å²) < 4.78 is 7.07. The van der Waals surface area contributed by atoms with E-state index in [1.165, 1.54) is 10.7 Å². The standard InChI is InChI=1S/C13H15ClN4O3/c1-8-10(13(14)17(2)16-8)7-21-12-4-3-9(6-15)5-11(12)18(19)20/h3-5H,6-7,15H2,1-2H3. The molecular weight excluding hydrogens is 296 g/mol. The van der Waals surface area contributed by atoms with E-state index in [0.29, 0.717) is 16.3 Å². The summed E-state index contributed by atoms with van der Waals surface area (Å²) in [7, 11) is 1.72. The van der Waals surface area contributed by atoms with Gasteiger partial charge in [0.25, 0.3) is 0 Å². The van der Waals surface area contributed by atoms with E-state index >= 15 is 0 Å². The molecule has 112 valence electrons. The van der Waals surface area contributed by atoms with Crippen LogP contribution < -0.4 is 10.5 Å². The molecular formula is C13H15ClN4O3. The highest BCUT2D eigenvalue weighted by molar-refractivity contribution is 6.30. The van der Waals surface area contributed by atoms with Crippen LogP contribution in [-0.2, 0) is 20.2 Å². The van der Waals surface area contributed by atoms with Gasteiger partial charge in [-0.15, -0.1) is 0 Å². The molecule has 1 aromatic carbocycles. The van der Waals surface area contributed by atoms with E-state index in [1.54, 1.807) is 26.1 Å². The van der Waals surface area contributed by atoms with Crippen molar-refractivity contribution < 1.29 is 9.66 Å². The second-order valence-corrected chi connectivity index (χ2v) is 4.89. The van der Waals surface area contributed by atoms with Crippen molar-refractivity contribution in [2.45, 2.75) is 20.1 Å². The van der Waals surface area contributed by atoms with Gasteiger partial charge in [0.2, 0.25) is 0 Å². The molecule has 0 saturated heterocycles. The Bertz CT molecular complexity index is 684. The largest absolute Gasteiger partial charge is 0.482 e. The Kier molecular flexibility index (Phi) is 4.44. The minimum absolute atomic E-state index is 0.112. The number of aryl methyl sites for hydroxylation is 2. The summed E-state index contributed by atoms with van der Waals surface area (Å²) in [6.07, 6.45) is 0. The first-order valence-corrected chi connectivity index (χ1v) is 6.60. The molecule has 0 aliphatic carbocycles. The Balaban J connectivity index is 2.25. The van der Waals surface area contributed by atoms with Crippen molar-refractivity contribution in [1.82, 2.24) is 9.78 Å². The van der Waals surface area contributed by atoms with Crippen molar-refractivity contribution in [3.8, 4) is 5.75 Å². The maximum absolute atomic E-state index is 11.1. The molecule has 0 saturated carbocycles. The van der Waals surface area contributed by atoms with Gasteiger partial charge in [-0.25, -0.2) is 0 Å². The third-order valence-corrected chi connectivity index (χ3v) is 3.57. The van der Waals surface area contributed by atoms with E-state index in [2.05, 4.69) is 5.10 Å². The predicted octanol–water partition coefficient (Wildman–Crippen LogP) is 2.33. The second kappa shape index (κ2) is 6.11. The van der Waals surface area contributed by atoms with E-state index in [4.69, 9.17) is 22.1 Å². The Labute approximate surface area is 126 Å². The molecule has 7 nitrogen and oxygen atoms in total. The van der Waals surface area contributed by atoms with Gasteiger partial charge >= 0.3 is 5.69 Å². The number of nitro groups is 1. The Hall–Kier alpha value is -2.12. The van der Waals surface area contributed by atoms with Crippen molar-refractivity contribution >= 4 is 17.3 Å². The molecule has 1 aromatic heterocycles. The molecule has 2 rings (SSSR count). The zero-order valence-electron chi connectivity index (χ0n) is 11.7. The highest BCUT2D eigenvalue weighted by Gasteiger charge is 2.18. The Morgan fingerprint density at radius 3 is 2.76 bits per heavy atom. The molecule has 0 radical (unpaired) electrons. The predicted molar refractivity (Wildman–Crippen MR) is 78.3 cm³/mol. The molecule has 1 heterocycles. The van der Waals surface area contributed by atoms with E-state index in [-0.39, 0.29) is 24.6 Å². The lowest BCUT2D eigenvalue weighted by Gasteiger charge is -2.08. The summed E-state index contributed by atoms with van der Waals surface area (Å²) in [6.45, 7) is 2.15. The van der Waals surface area contributed by atoms with E-state index < -0.39 is 4.92 Å². The monoisotopic (exact) mass is 310 g/mol. The normalized spacial score (nSPS) is 10.7. The Morgan fingerprint density at radius 2 is 2.24 bits per heavy atom. The number of benzene rings is 1. The van der Waals surface area contributed by atoms with E-state index in [0.717, 1.165) is 5.69 Å². The summed E-state index contributed by atoms with van der Waals surface area (Å²) in [5.74, 6) is 0.177. The highest BCUT2D eigenvalue weighted by atomic mass is 35.5. The molecule has 0 unspecified atom stereocenters. The minimum Gasteiger partial charge on any atom is -0.482 e. The van der Waals surface area contributed by atoms with Crippen molar-refractivity contribution in [3.63, 3.8) is 0 Å². The number of ether oxygens (including phenoxy) is 1. The van der Waals surface area contributed by atoms with Crippen LogP contribution in [-0.4, -0.2) is 14.7 Å². The first-order valence-electron chi connectivity index (χ1n) is 6.22. The number of halogens is 1. The lowest BCUT2D eigenvalue weighted by atomic mass is 10.2. The zero-order valence-corrected chi connectivity index (χ0v) is 12.4. The molecule has 0 aliphatic heterocycles. The van der Waals surface area contributed by atoms with Gasteiger partial charge in [-0.3, -0.25) is 14.8 Å². The topological polar surface area (TPSA) is 96.2 Å². The van der Waals surface area contributed by atoms with E-state index in [9.17, 15) is 10.1 Å². The third-order valence-electron chi connectivity index (χ3n) is 3.10. The van der Waals surface area contributed by atoms with Crippen LogP contribution in [0.1, 0.15) is 16.8 Å². The average molecular weight is 311 g/mol. The fourth-order valence-corrected chi connectivity index (χ4v) is 2.17. The molecule has 0 fully saturated rings. The molecule has 0 atom stereocenters. The summed E-state index contributed by atoms with van der Waals surface area (Å²) in [5, 5.41) is 15.7. The maximum Gasteiger partial charge on any atom is 0.311 e. The first-order chi connectivity index (χ1) is 9.93. The average Bonchev–Trinajstić information content (AvgIpc) is 2.70. The van der Waals surface area contributed by atoms with Crippen LogP contribution in [0, 0.1) is 17.0 Å². The second-order valence-electron chi connectivity index (χ2n) is 4.53. The fourth-order valence-electron chi connectivity index (χ4n) is 1.94. The van der Waals surface area contributed by atoms with Crippen LogP contribution in [0.5, 0.6) is 5.75 Å². The molecule has 8 heteroatoms. The quantitative estimate of drug-likeness (QED) is 0.675. The van der Waals surface area contributed by atoms with Gasteiger partial charge in [-0.05, 0) is 18.6 Å². The molecule has 21 heavy (non-hydrogen) atoms. The van der Waals surface area contributed by atoms with Gasteiger partial charge in [0.15, 0.2) is 5.75 Å². The number of rotatable bonds is 5. The van der Waals surface area contributed by atoms with Gasteiger partial charge in [0.1, 0.15) is 11.8 Å². The number of hydrogen-bond donors (Lipinski definition) is 1. The SMILES string of the molecule is Cc1nn(C)c(Cl)c1COc1ccc(CN)cc1[N+](=O)[O-]. The molecule has 2 aromatic rings. The number of nitro benzene ring substituents is 1. The lowest BCUT2D eigenvalue weighted by molar-refractivity contribution is -0.386. The summed E-state index contributed by atoms with van der Waals surface area (Å²) >= 11 is 6.10. The van der Waals surface area contributed by atoms with E-state index in [1.807, 2.05) is 0 Å².